The Morgan fingerprint density at radius 2 is 1.72 bits per heavy atom. The van der Waals surface area contributed by atoms with Crippen LogP contribution in [-0.4, -0.2) is 22.3 Å². The maximum atomic E-state index is 12.3. The van der Waals surface area contributed by atoms with Crippen LogP contribution in [-0.2, 0) is 0 Å². The number of carbonyl (C=O) groups excluding carboxylic acids is 1. The molecule has 3 N–H and O–H groups in total. The molecule has 0 radical (unpaired) electrons. The summed E-state index contributed by atoms with van der Waals surface area (Å²) < 4.78 is 1.25. The molecule has 126 valence electrons. The zero-order valence-electron chi connectivity index (χ0n) is 12.7. The smallest absolute Gasteiger partial charge is 0.275 e. The molecular weight excluding hydrogens is 452 g/mol. The third-order valence-electron chi connectivity index (χ3n) is 3.54. The molecule has 0 unspecified atom stereocenters. The summed E-state index contributed by atoms with van der Waals surface area (Å²) in [5.74, 6) is -0.665. The highest BCUT2D eigenvalue weighted by atomic mass is 79.9. The molecule has 7 heteroatoms. The Balaban J connectivity index is 1.82. The van der Waals surface area contributed by atoms with Crippen LogP contribution in [0.2, 0.25) is 0 Å². The first-order chi connectivity index (χ1) is 12.0. The van der Waals surface area contributed by atoms with Crippen LogP contribution in [0.3, 0.4) is 0 Å². The van der Waals surface area contributed by atoms with Gasteiger partial charge in [0, 0.05) is 10.0 Å². The van der Waals surface area contributed by atoms with Crippen molar-refractivity contribution in [3.05, 3.63) is 68.6 Å². The van der Waals surface area contributed by atoms with Gasteiger partial charge in [-0.1, -0.05) is 40.2 Å². The fourth-order valence-corrected chi connectivity index (χ4v) is 3.57. The van der Waals surface area contributed by atoms with Crippen LogP contribution in [0.1, 0.15) is 15.9 Å². The quantitative estimate of drug-likeness (QED) is 0.394. The van der Waals surface area contributed by atoms with Crippen LogP contribution >= 0.6 is 31.9 Å². The average molecular weight is 464 g/mol. The van der Waals surface area contributed by atoms with Gasteiger partial charge in [-0.05, 0) is 51.0 Å². The summed E-state index contributed by atoms with van der Waals surface area (Å²) in [6.07, 6.45) is 1.32. The van der Waals surface area contributed by atoms with Crippen LogP contribution in [0.4, 0.5) is 0 Å². The molecule has 25 heavy (non-hydrogen) atoms. The van der Waals surface area contributed by atoms with Gasteiger partial charge in [-0.3, -0.25) is 4.79 Å². The number of aromatic hydroxyl groups is 2. The first kappa shape index (κ1) is 17.4. The second kappa shape index (κ2) is 7.25. The van der Waals surface area contributed by atoms with Crippen LogP contribution in [0.15, 0.2) is 62.6 Å². The molecule has 3 aromatic carbocycles. The minimum Gasteiger partial charge on any atom is -0.507 e. The Kier molecular flexibility index (Phi) is 5.06. The van der Waals surface area contributed by atoms with Gasteiger partial charge in [-0.2, -0.15) is 5.10 Å². The number of fused-ring (bicyclic) bond motifs is 1. The molecule has 0 bridgehead atoms. The second-order valence-electron chi connectivity index (χ2n) is 5.24. The molecule has 0 aliphatic heterocycles. The van der Waals surface area contributed by atoms with Gasteiger partial charge in [-0.15, -0.1) is 0 Å². The van der Waals surface area contributed by atoms with E-state index in [9.17, 15) is 15.0 Å². The molecule has 0 aliphatic carbocycles. The summed E-state index contributed by atoms with van der Waals surface area (Å²) in [6, 6.07) is 13.9. The Bertz CT molecular complexity index is 1000. The lowest BCUT2D eigenvalue weighted by Gasteiger charge is -2.06. The highest BCUT2D eigenvalue weighted by molar-refractivity contribution is 9.11. The number of hydrogen-bond donors (Lipinski definition) is 3. The number of halogens is 2. The van der Waals surface area contributed by atoms with Gasteiger partial charge < -0.3 is 10.2 Å². The summed E-state index contributed by atoms with van der Waals surface area (Å²) in [6.45, 7) is 0. The minimum atomic E-state index is -0.548. The molecule has 3 aromatic rings. The number of rotatable bonds is 3. The van der Waals surface area contributed by atoms with E-state index in [0.29, 0.717) is 10.0 Å². The molecule has 0 fully saturated rings. The van der Waals surface area contributed by atoms with Crippen LogP contribution in [0, 0.1) is 0 Å². The first-order valence-electron chi connectivity index (χ1n) is 7.19. The molecule has 0 aliphatic rings. The van der Waals surface area contributed by atoms with Crippen molar-refractivity contribution in [3.8, 4) is 11.5 Å². The van der Waals surface area contributed by atoms with Gasteiger partial charge in [0.15, 0.2) is 0 Å². The number of phenols is 2. The Morgan fingerprint density at radius 1 is 1.04 bits per heavy atom. The Hall–Kier alpha value is -2.38. The molecule has 1 amide bonds. The second-order valence-corrected chi connectivity index (χ2v) is 7.01. The normalized spacial score (nSPS) is 11.1. The highest BCUT2D eigenvalue weighted by Crippen LogP contribution is 2.30. The van der Waals surface area contributed by atoms with Crippen molar-refractivity contribution in [2.45, 2.75) is 0 Å². The largest absolute Gasteiger partial charge is 0.507 e. The van der Waals surface area contributed by atoms with E-state index in [1.165, 1.54) is 12.3 Å². The number of hydrogen-bond acceptors (Lipinski definition) is 4. The predicted molar refractivity (Wildman–Crippen MR) is 104 cm³/mol. The van der Waals surface area contributed by atoms with Crippen LogP contribution in [0.5, 0.6) is 11.5 Å². The number of phenolic OH excluding ortho intramolecular Hbond substituents is 2. The SMILES string of the molecule is O=C(N/N=C/c1cc(Br)cc(Br)c1O)c1cc2ccccc2cc1O. The molecule has 0 saturated carbocycles. The summed E-state index contributed by atoms with van der Waals surface area (Å²) in [7, 11) is 0. The molecule has 0 saturated heterocycles. The van der Waals surface area contributed by atoms with E-state index in [0.717, 1.165) is 15.2 Å². The van der Waals surface area contributed by atoms with Crippen molar-refractivity contribution < 1.29 is 15.0 Å². The maximum absolute atomic E-state index is 12.3. The van der Waals surface area contributed by atoms with Crippen molar-refractivity contribution in [3.63, 3.8) is 0 Å². The lowest BCUT2D eigenvalue weighted by Crippen LogP contribution is -2.17. The number of carbonyl (C=O) groups is 1. The molecular formula is C18H12Br2N2O3. The van der Waals surface area contributed by atoms with Gasteiger partial charge in [0.1, 0.15) is 11.5 Å². The van der Waals surface area contributed by atoms with Crippen molar-refractivity contribution in [2.24, 2.45) is 5.10 Å². The van der Waals surface area contributed by atoms with Crippen LogP contribution in [0.25, 0.3) is 10.8 Å². The molecule has 0 spiro atoms. The maximum Gasteiger partial charge on any atom is 0.275 e. The molecule has 0 aromatic heterocycles. The first-order valence-corrected chi connectivity index (χ1v) is 8.77. The zero-order valence-corrected chi connectivity index (χ0v) is 15.9. The van der Waals surface area contributed by atoms with Gasteiger partial charge in [0.25, 0.3) is 5.91 Å². The van der Waals surface area contributed by atoms with E-state index in [4.69, 9.17) is 0 Å². The van der Waals surface area contributed by atoms with E-state index < -0.39 is 5.91 Å². The monoisotopic (exact) mass is 462 g/mol. The molecule has 5 nitrogen and oxygen atoms in total. The third kappa shape index (κ3) is 3.83. The molecule has 0 atom stereocenters. The molecule has 0 heterocycles. The number of benzene rings is 3. The summed E-state index contributed by atoms with van der Waals surface area (Å²) in [4.78, 5) is 12.3. The molecule has 3 rings (SSSR count). The summed E-state index contributed by atoms with van der Waals surface area (Å²) in [5, 5.41) is 25.5. The lowest BCUT2D eigenvalue weighted by atomic mass is 10.1. The van der Waals surface area contributed by atoms with Gasteiger partial charge in [0.05, 0.1) is 16.3 Å². The fourth-order valence-electron chi connectivity index (χ4n) is 2.32. The Morgan fingerprint density at radius 3 is 2.44 bits per heavy atom. The fraction of sp³-hybridized carbons (Fsp3) is 0. The van der Waals surface area contributed by atoms with Crippen molar-refractivity contribution >= 4 is 54.8 Å². The van der Waals surface area contributed by atoms with Crippen molar-refractivity contribution in [2.75, 3.05) is 0 Å². The van der Waals surface area contributed by atoms with E-state index in [1.54, 1.807) is 18.2 Å². The third-order valence-corrected chi connectivity index (χ3v) is 4.60. The summed E-state index contributed by atoms with van der Waals surface area (Å²) >= 11 is 6.54. The van der Waals surface area contributed by atoms with E-state index >= 15 is 0 Å². The number of hydrazone groups is 1. The van der Waals surface area contributed by atoms with E-state index in [2.05, 4.69) is 42.4 Å². The van der Waals surface area contributed by atoms with E-state index in [-0.39, 0.29) is 17.1 Å². The number of amides is 1. The van der Waals surface area contributed by atoms with Gasteiger partial charge >= 0.3 is 0 Å². The standard InChI is InChI=1S/C18H12Br2N2O3/c19-13-5-12(17(24)15(20)8-13)9-21-22-18(25)14-6-10-3-1-2-4-11(10)7-16(14)23/h1-9,23-24H,(H,22,25)/b21-9+. The van der Waals surface area contributed by atoms with Crippen molar-refractivity contribution in [1.29, 1.82) is 0 Å². The van der Waals surface area contributed by atoms with E-state index in [1.807, 2.05) is 24.3 Å². The number of nitrogens with one attached hydrogen (secondary N) is 1. The van der Waals surface area contributed by atoms with Gasteiger partial charge in [0.2, 0.25) is 0 Å². The van der Waals surface area contributed by atoms with Gasteiger partial charge in [-0.25, -0.2) is 5.43 Å². The zero-order chi connectivity index (χ0) is 18.0. The Labute approximate surface area is 160 Å². The lowest BCUT2D eigenvalue weighted by molar-refractivity contribution is 0.0952. The van der Waals surface area contributed by atoms with Crippen LogP contribution < -0.4 is 5.43 Å². The summed E-state index contributed by atoms with van der Waals surface area (Å²) in [5.41, 5.74) is 2.89. The van der Waals surface area contributed by atoms with Crippen molar-refractivity contribution in [1.82, 2.24) is 5.43 Å². The topological polar surface area (TPSA) is 81.9 Å². The average Bonchev–Trinajstić information content (AvgIpc) is 2.58. The number of nitrogens with zero attached hydrogens (tertiary/aromatic N) is 1. The highest BCUT2D eigenvalue weighted by Gasteiger charge is 2.12. The predicted octanol–water partition coefficient (Wildman–Crippen LogP) is 4.54. The minimum absolute atomic E-state index is 0.00903.